The van der Waals surface area contributed by atoms with Crippen LogP contribution in [0.25, 0.3) is 0 Å². The minimum Gasteiger partial charge on any atom is -0.481 e. The number of aliphatic carboxylic acids is 1. The molecule has 76 valence electrons. The van der Waals surface area contributed by atoms with Crippen molar-refractivity contribution in [1.29, 1.82) is 0 Å². The molecule has 1 atom stereocenters. The quantitative estimate of drug-likeness (QED) is 0.699. The third-order valence-electron chi connectivity index (χ3n) is 2.19. The molecule has 0 radical (unpaired) electrons. The largest absolute Gasteiger partial charge is 0.481 e. The predicted molar refractivity (Wildman–Crippen MR) is 48.7 cm³/mol. The number of carboxylic acid groups (broad SMARTS) is 1. The monoisotopic (exact) mass is 187 g/mol. The van der Waals surface area contributed by atoms with E-state index in [1.54, 1.807) is 0 Å². The van der Waals surface area contributed by atoms with Crippen molar-refractivity contribution in [2.45, 2.75) is 25.9 Å². The zero-order chi connectivity index (χ0) is 9.68. The van der Waals surface area contributed by atoms with Crippen molar-refractivity contribution < 1.29 is 14.6 Å². The van der Waals surface area contributed by atoms with Gasteiger partial charge in [-0.2, -0.15) is 0 Å². The normalized spacial score (nSPS) is 24.5. The van der Waals surface area contributed by atoms with Crippen LogP contribution >= 0.6 is 0 Å². The molecule has 1 N–H and O–H groups in total. The first-order chi connectivity index (χ1) is 6.18. The van der Waals surface area contributed by atoms with E-state index < -0.39 is 5.97 Å². The molecule has 1 aliphatic rings. The molecule has 0 saturated carbocycles. The summed E-state index contributed by atoms with van der Waals surface area (Å²) in [5.74, 6) is -0.707. The molecule has 0 spiro atoms. The Morgan fingerprint density at radius 1 is 1.69 bits per heavy atom. The highest BCUT2D eigenvalue weighted by Crippen LogP contribution is 2.05. The Bertz CT molecular complexity index is 172. The second-order valence-corrected chi connectivity index (χ2v) is 3.48. The molecule has 0 aromatic carbocycles. The molecule has 1 fully saturated rings. The summed E-state index contributed by atoms with van der Waals surface area (Å²) < 4.78 is 5.38. The van der Waals surface area contributed by atoms with Gasteiger partial charge in [-0.05, 0) is 19.9 Å². The number of carbonyl (C=O) groups is 1. The van der Waals surface area contributed by atoms with E-state index in [0.717, 1.165) is 32.7 Å². The van der Waals surface area contributed by atoms with Gasteiger partial charge in [-0.15, -0.1) is 0 Å². The lowest BCUT2D eigenvalue weighted by Crippen LogP contribution is -2.41. The van der Waals surface area contributed by atoms with E-state index in [1.165, 1.54) is 0 Å². The molecule has 1 aliphatic heterocycles. The van der Waals surface area contributed by atoms with Crippen LogP contribution in [0.1, 0.15) is 19.8 Å². The lowest BCUT2D eigenvalue weighted by Gasteiger charge is -2.30. The van der Waals surface area contributed by atoms with Crippen LogP contribution in [0.2, 0.25) is 0 Å². The van der Waals surface area contributed by atoms with E-state index in [9.17, 15) is 4.79 Å². The molecule has 13 heavy (non-hydrogen) atoms. The van der Waals surface area contributed by atoms with Crippen LogP contribution in [-0.2, 0) is 9.53 Å². The Hall–Kier alpha value is -0.610. The molecule has 1 saturated heterocycles. The number of morpholine rings is 1. The highest BCUT2D eigenvalue weighted by molar-refractivity contribution is 5.66. The lowest BCUT2D eigenvalue weighted by molar-refractivity contribution is -0.137. The van der Waals surface area contributed by atoms with Crippen molar-refractivity contribution in [1.82, 2.24) is 4.90 Å². The van der Waals surface area contributed by atoms with E-state index in [-0.39, 0.29) is 6.42 Å². The van der Waals surface area contributed by atoms with Gasteiger partial charge in [0.1, 0.15) is 0 Å². The van der Waals surface area contributed by atoms with Crippen molar-refractivity contribution in [2.24, 2.45) is 0 Å². The molecule has 0 aromatic rings. The standard InChI is InChI=1S/C9H17NO3/c1-8-7-10(5-6-13-8)4-2-3-9(11)12/h8H,2-7H2,1H3,(H,11,12). The Kier molecular flexibility index (Phi) is 4.18. The van der Waals surface area contributed by atoms with Gasteiger partial charge < -0.3 is 9.84 Å². The van der Waals surface area contributed by atoms with Gasteiger partial charge in [-0.3, -0.25) is 9.69 Å². The fourth-order valence-electron chi connectivity index (χ4n) is 1.55. The number of hydrogen-bond acceptors (Lipinski definition) is 3. The van der Waals surface area contributed by atoms with Gasteiger partial charge in [0, 0.05) is 19.5 Å². The summed E-state index contributed by atoms with van der Waals surface area (Å²) in [6.45, 7) is 5.56. The van der Waals surface area contributed by atoms with Crippen molar-refractivity contribution >= 4 is 5.97 Å². The minimum absolute atomic E-state index is 0.270. The number of carboxylic acids is 1. The zero-order valence-corrected chi connectivity index (χ0v) is 8.03. The molecule has 1 heterocycles. The average Bonchev–Trinajstić information content (AvgIpc) is 2.03. The van der Waals surface area contributed by atoms with Crippen LogP contribution in [0.3, 0.4) is 0 Å². The molecule has 4 nitrogen and oxygen atoms in total. The first-order valence-electron chi connectivity index (χ1n) is 4.74. The summed E-state index contributed by atoms with van der Waals surface area (Å²) >= 11 is 0. The van der Waals surface area contributed by atoms with E-state index in [0.29, 0.717) is 6.10 Å². The fraction of sp³-hybridized carbons (Fsp3) is 0.889. The Balaban J connectivity index is 2.10. The predicted octanol–water partition coefficient (Wildman–Crippen LogP) is 0.572. The number of nitrogens with zero attached hydrogens (tertiary/aromatic N) is 1. The van der Waals surface area contributed by atoms with E-state index >= 15 is 0 Å². The Morgan fingerprint density at radius 3 is 3.08 bits per heavy atom. The van der Waals surface area contributed by atoms with E-state index in [2.05, 4.69) is 4.90 Å². The van der Waals surface area contributed by atoms with Gasteiger partial charge in [0.2, 0.25) is 0 Å². The van der Waals surface area contributed by atoms with E-state index in [1.807, 2.05) is 6.92 Å². The zero-order valence-electron chi connectivity index (χ0n) is 8.03. The number of hydrogen-bond donors (Lipinski definition) is 1. The minimum atomic E-state index is -0.707. The smallest absolute Gasteiger partial charge is 0.303 e. The van der Waals surface area contributed by atoms with Gasteiger partial charge in [-0.25, -0.2) is 0 Å². The third kappa shape index (κ3) is 4.24. The number of rotatable bonds is 4. The summed E-state index contributed by atoms with van der Waals surface area (Å²) in [4.78, 5) is 12.5. The van der Waals surface area contributed by atoms with Crippen LogP contribution in [0.4, 0.5) is 0 Å². The molecule has 1 unspecified atom stereocenters. The van der Waals surface area contributed by atoms with Gasteiger partial charge in [0.05, 0.1) is 12.7 Å². The lowest BCUT2D eigenvalue weighted by atomic mass is 10.2. The summed E-state index contributed by atoms with van der Waals surface area (Å²) in [5, 5.41) is 8.45. The fourth-order valence-corrected chi connectivity index (χ4v) is 1.55. The van der Waals surface area contributed by atoms with Crippen LogP contribution < -0.4 is 0 Å². The first kappa shape index (κ1) is 10.5. The molecular weight excluding hydrogens is 170 g/mol. The first-order valence-corrected chi connectivity index (χ1v) is 4.74. The Morgan fingerprint density at radius 2 is 2.46 bits per heavy atom. The van der Waals surface area contributed by atoms with E-state index in [4.69, 9.17) is 9.84 Å². The van der Waals surface area contributed by atoms with Gasteiger partial charge >= 0.3 is 5.97 Å². The second-order valence-electron chi connectivity index (χ2n) is 3.48. The third-order valence-corrected chi connectivity index (χ3v) is 2.19. The summed E-state index contributed by atoms with van der Waals surface area (Å²) in [5.41, 5.74) is 0. The van der Waals surface area contributed by atoms with Crippen LogP contribution in [-0.4, -0.2) is 48.3 Å². The van der Waals surface area contributed by atoms with Gasteiger partial charge in [0.25, 0.3) is 0 Å². The van der Waals surface area contributed by atoms with Crippen molar-refractivity contribution in [3.8, 4) is 0 Å². The molecule has 1 rings (SSSR count). The Labute approximate surface area is 78.5 Å². The van der Waals surface area contributed by atoms with Crippen molar-refractivity contribution in [3.63, 3.8) is 0 Å². The highest BCUT2D eigenvalue weighted by atomic mass is 16.5. The van der Waals surface area contributed by atoms with Crippen LogP contribution in [0, 0.1) is 0 Å². The SMILES string of the molecule is CC1CN(CCCC(=O)O)CCO1. The summed E-state index contributed by atoms with van der Waals surface area (Å²) in [6, 6.07) is 0. The van der Waals surface area contributed by atoms with Gasteiger partial charge in [0.15, 0.2) is 0 Å². The molecule has 0 aromatic heterocycles. The summed E-state index contributed by atoms with van der Waals surface area (Å²) in [6.07, 6.45) is 1.30. The van der Waals surface area contributed by atoms with Crippen molar-refractivity contribution in [2.75, 3.05) is 26.2 Å². The topological polar surface area (TPSA) is 49.8 Å². The molecule has 4 heteroatoms. The molecule has 0 amide bonds. The van der Waals surface area contributed by atoms with Crippen LogP contribution in [0.15, 0.2) is 0 Å². The maximum absolute atomic E-state index is 10.3. The van der Waals surface area contributed by atoms with Crippen molar-refractivity contribution in [3.05, 3.63) is 0 Å². The van der Waals surface area contributed by atoms with Crippen LogP contribution in [0.5, 0.6) is 0 Å². The highest BCUT2D eigenvalue weighted by Gasteiger charge is 2.15. The molecule has 0 aliphatic carbocycles. The maximum Gasteiger partial charge on any atom is 0.303 e. The summed E-state index contributed by atoms with van der Waals surface area (Å²) in [7, 11) is 0. The molecular formula is C9H17NO3. The maximum atomic E-state index is 10.3. The molecule has 0 bridgehead atoms. The second kappa shape index (κ2) is 5.19. The van der Waals surface area contributed by atoms with Gasteiger partial charge in [-0.1, -0.05) is 0 Å². The average molecular weight is 187 g/mol. The number of ether oxygens (including phenoxy) is 1.